The zero-order valence-corrected chi connectivity index (χ0v) is 17.3. The van der Waals surface area contributed by atoms with Crippen molar-refractivity contribution in [2.75, 3.05) is 0 Å². The summed E-state index contributed by atoms with van der Waals surface area (Å²) in [5, 5.41) is 14.5. The van der Waals surface area contributed by atoms with Gasteiger partial charge in [0.15, 0.2) is 6.10 Å². The van der Waals surface area contributed by atoms with Gasteiger partial charge in [-0.1, -0.05) is 27.2 Å². The molecule has 0 bridgehead atoms. The van der Waals surface area contributed by atoms with E-state index < -0.39 is 29.6 Å². The van der Waals surface area contributed by atoms with Crippen LogP contribution in [0.5, 0.6) is 5.75 Å². The van der Waals surface area contributed by atoms with Crippen LogP contribution in [0.1, 0.15) is 52.5 Å². The number of unbranched alkanes of at least 4 members (excludes halogenated alkanes) is 1. The molecule has 2 atom stereocenters. The maximum atomic E-state index is 12.3. The van der Waals surface area contributed by atoms with Crippen molar-refractivity contribution >= 4 is 22.8 Å². The Labute approximate surface area is 170 Å². The summed E-state index contributed by atoms with van der Waals surface area (Å²) in [6, 6.07) is 5.49. The zero-order valence-electron chi connectivity index (χ0n) is 17.3. The van der Waals surface area contributed by atoms with E-state index in [0.717, 1.165) is 30.2 Å². The lowest BCUT2D eigenvalue weighted by atomic mass is 10.0. The Bertz CT molecular complexity index is 917. The molecule has 2 aromatic rings. The second kappa shape index (κ2) is 10.1. The summed E-state index contributed by atoms with van der Waals surface area (Å²) in [7, 11) is 0. The van der Waals surface area contributed by atoms with Gasteiger partial charge < -0.3 is 24.4 Å². The van der Waals surface area contributed by atoms with Gasteiger partial charge in [0.1, 0.15) is 11.3 Å². The SMILES string of the molecule is CCCCc1cc(=O)oc2cc(O[C@H](C)C(=O)N[C@@H](CC(C)C)C(=O)[O-])ccc12. The van der Waals surface area contributed by atoms with E-state index in [2.05, 4.69) is 12.2 Å². The van der Waals surface area contributed by atoms with E-state index in [9.17, 15) is 19.5 Å². The Hall–Kier alpha value is -2.83. The number of amides is 1. The van der Waals surface area contributed by atoms with Crippen LogP contribution in [-0.4, -0.2) is 24.0 Å². The van der Waals surface area contributed by atoms with E-state index in [0.29, 0.717) is 11.3 Å². The summed E-state index contributed by atoms with van der Waals surface area (Å²) in [6.07, 6.45) is 2.08. The highest BCUT2D eigenvalue weighted by atomic mass is 16.5. The zero-order chi connectivity index (χ0) is 21.6. The number of carbonyl (C=O) groups is 2. The number of rotatable bonds is 10. The number of aliphatic carboxylic acids is 1. The Morgan fingerprint density at radius 3 is 2.55 bits per heavy atom. The summed E-state index contributed by atoms with van der Waals surface area (Å²) in [6.45, 7) is 7.33. The third kappa shape index (κ3) is 6.34. The molecule has 0 fully saturated rings. The van der Waals surface area contributed by atoms with Crippen LogP contribution in [0.25, 0.3) is 11.0 Å². The number of carboxylic acid groups (broad SMARTS) is 1. The highest BCUT2D eigenvalue weighted by molar-refractivity contribution is 5.86. The fourth-order valence-corrected chi connectivity index (χ4v) is 3.09. The predicted molar refractivity (Wildman–Crippen MR) is 108 cm³/mol. The summed E-state index contributed by atoms with van der Waals surface area (Å²) >= 11 is 0. The van der Waals surface area contributed by atoms with Gasteiger partial charge in [-0.05, 0) is 49.8 Å². The lowest BCUT2D eigenvalue weighted by Crippen LogP contribution is -2.51. The van der Waals surface area contributed by atoms with E-state index in [1.54, 1.807) is 18.2 Å². The van der Waals surface area contributed by atoms with Crippen LogP contribution in [-0.2, 0) is 16.0 Å². The molecule has 1 heterocycles. The molecule has 1 amide bonds. The number of fused-ring (bicyclic) bond motifs is 1. The van der Waals surface area contributed by atoms with Crippen molar-refractivity contribution < 1.29 is 23.8 Å². The topological polar surface area (TPSA) is 109 Å². The minimum atomic E-state index is -1.33. The number of nitrogens with one attached hydrogen (secondary N) is 1. The fourth-order valence-electron chi connectivity index (χ4n) is 3.09. The van der Waals surface area contributed by atoms with Gasteiger partial charge >= 0.3 is 5.63 Å². The molecule has 1 N–H and O–H groups in total. The van der Waals surface area contributed by atoms with E-state index >= 15 is 0 Å². The molecule has 0 spiro atoms. The quantitative estimate of drug-likeness (QED) is 0.610. The summed E-state index contributed by atoms with van der Waals surface area (Å²) < 4.78 is 10.9. The van der Waals surface area contributed by atoms with Crippen LogP contribution in [0.4, 0.5) is 0 Å². The minimum absolute atomic E-state index is 0.0831. The van der Waals surface area contributed by atoms with Crippen molar-refractivity contribution in [1.29, 1.82) is 0 Å². The molecule has 0 aliphatic carbocycles. The first-order valence-corrected chi connectivity index (χ1v) is 9.96. The maximum absolute atomic E-state index is 12.3. The van der Waals surface area contributed by atoms with Crippen molar-refractivity contribution in [2.24, 2.45) is 5.92 Å². The van der Waals surface area contributed by atoms with Crippen molar-refractivity contribution in [3.63, 3.8) is 0 Å². The summed E-state index contributed by atoms with van der Waals surface area (Å²) in [4.78, 5) is 35.4. The summed E-state index contributed by atoms with van der Waals surface area (Å²) in [5.41, 5.74) is 0.874. The number of hydrogen-bond donors (Lipinski definition) is 1. The molecule has 158 valence electrons. The monoisotopic (exact) mass is 402 g/mol. The first-order valence-electron chi connectivity index (χ1n) is 9.96. The molecule has 7 nitrogen and oxygen atoms in total. The molecule has 7 heteroatoms. The Morgan fingerprint density at radius 2 is 1.93 bits per heavy atom. The van der Waals surface area contributed by atoms with Crippen LogP contribution in [0.15, 0.2) is 33.5 Å². The van der Waals surface area contributed by atoms with Crippen LogP contribution in [0.2, 0.25) is 0 Å². The van der Waals surface area contributed by atoms with Gasteiger partial charge in [0.05, 0.1) is 12.0 Å². The van der Waals surface area contributed by atoms with Gasteiger partial charge in [0.25, 0.3) is 5.91 Å². The number of carboxylic acids is 1. The molecule has 0 radical (unpaired) electrons. The minimum Gasteiger partial charge on any atom is -0.548 e. The molecule has 1 aromatic carbocycles. The van der Waals surface area contributed by atoms with E-state index in [1.807, 2.05) is 13.8 Å². The Balaban J connectivity index is 2.15. The average Bonchev–Trinajstić information content (AvgIpc) is 2.64. The molecule has 1 aromatic heterocycles. The Kier molecular flexibility index (Phi) is 7.82. The first kappa shape index (κ1) is 22.5. The lowest BCUT2D eigenvalue weighted by Gasteiger charge is -2.23. The summed E-state index contributed by atoms with van der Waals surface area (Å²) in [5.74, 6) is -1.45. The molecule has 0 aliphatic rings. The molecule has 0 saturated carbocycles. The van der Waals surface area contributed by atoms with Crippen LogP contribution >= 0.6 is 0 Å². The number of benzene rings is 1. The second-order valence-corrected chi connectivity index (χ2v) is 7.62. The van der Waals surface area contributed by atoms with E-state index in [4.69, 9.17) is 9.15 Å². The van der Waals surface area contributed by atoms with Crippen LogP contribution < -0.4 is 20.8 Å². The lowest BCUT2D eigenvalue weighted by molar-refractivity contribution is -0.308. The molecule has 2 rings (SSSR count). The smallest absolute Gasteiger partial charge is 0.336 e. The molecule has 0 unspecified atom stereocenters. The molecule has 0 saturated heterocycles. The number of aryl methyl sites for hydroxylation is 1. The van der Waals surface area contributed by atoms with E-state index in [1.165, 1.54) is 13.0 Å². The highest BCUT2D eigenvalue weighted by Crippen LogP contribution is 2.24. The van der Waals surface area contributed by atoms with Gasteiger partial charge in [0.2, 0.25) is 0 Å². The normalized spacial score (nSPS) is 13.3. The average molecular weight is 402 g/mol. The van der Waals surface area contributed by atoms with Crippen molar-refractivity contribution in [2.45, 2.75) is 65.5 Å². The van der Waals surface area contributed by atoms with Gasteiger partial charge in [-0.2, -0.15) is 0 Å². The number of hydrogen-bond acceptors (Lipinski definition) is 6. The van der Waals surface area contributed by atoms with Crippen molar-refractivity contribution in [3.8, 4) is 5.75 Å². The molecular formula is C22H28NO6-. The van der Waals surface area contributed by atoms with Gasteiger partial charge in [0, 0.05) is 17.5 Å². The largest absolute Gasteiger partial charge is 0.548 e. The molecule has 0 aliphatic heterocycles. The number of ether oxygens (including phenoxy) is 1. The number of carbonyl (C=O) groups excluding carboxylic acids is 2. The first-order chi connectivity index (χ1) is 13.7. The predicted octanol–water partition coefficient (Wildman–Crippen LogP) is 2.18. The third-order valence-corrected chi connectivity index (χ3v) is 4.59. The van der Waals surface area contributed by atoms with Crippen molar-refractivity contribution in [3.05, 3.63) is 40.2 Å². The highest BCUT2D eigenvalue weighted by Gasteiger charge is 2.21. The maximum Gasteiger partial charge on any atom is 0.336 e. The van der Waals surface area contributed by atoms with Crippen molar-refractivity contribution in [1.82, 2.24) is 5.32 Å². The second-order valence-electron chi connectivity index (χ2n) is 7.62. The standard InChI is InChI=1S/C22H29NO6/c1-5-6-7-15-11-20(24)29-19-12-16(8-9-17(15)19)28-14(4)21(25)23-18(22(26)27)10-13(2)3/h8-9,11-14,18H,5-7,10H2,1-4H3,(H,23,25)(H,26,27)/p-1/t14-,18+/m1/s1. The van der Waals surface area contributed by atoms with Crippen LogP contribution in [0.3, 0.4) is 0 Å². The Morgan fingerprint density at radius 1 is 1.21 bits per heavy atom. The van der Waals surface area contributed by atoms with Crippen LogP contribution in [0, 0.1) is 5.92 Å². The fraction of sp³-hybridized carbons (Fsp3) is 0.500. The van der Waals surface area contributed by atoms with Gasteiger partial charge in [-0.15, -0.1) is 0 Å². The van der Waals surface area contributed by atoms with E-state index in [-0.39, 0.29) is 12.3 Å². The molecule has 29 heavy (non-hydrogen) atoms. The third-order valence-electron chi connectivity index (χ3n) is 4.59. The van der Waals surface area contributed by atoms with Gasteiger partial charge in [-0.25, -0.2) is 4.79 Å². The molecular weight excluding hydrogens is 374 g/mol. The van der Waals surface area contributed by atoms with Gasteiger partial charge in [-0.3, -0.25) is 4.79 Å².